The predicted molar refractivity (Wildman–Crippen MR) is 133 cm³/mol. The van der Waals surface area contributed by atoms with Crippen molar-refractivity contribution in [2.45, 2.75) is 64.1 Å². The minimum Gasteiger partial charge on any atom is -0.484 e. The molecule has 2 aromatic carbocycles. The van der Waals surface area contributed by atoms with E-state index in [4.69, 9.17) is 39.5 Å². The van der Waals surface area contributed by atoms with Crippen molar-refractivity contribution in [1.82, 2.24) is 10.2 Å². The Labute approximate surface area is 210 Å². The van der Waals surface area contributed by atoms with Crippen molar-refractivity contribution >= 4 is 46.6 Å². The number of hydrogen-bond donors (Lipinski definition) is 1. The van der Waals surface area contributed by atoms with E-state index < -0.39 is 6.04 Å². The van der Waals surface area contributed by atoms with Gasteiger partial charge in [-0.25, -0.2) is 0 Å². The maximum Gasteiger partial charge on any atom is 0.261 e. The average Bonchev–Trinajstić information content (AvgIpc) is 2.81. The van der Waals surface area contributed by atoms with E-state index in [2.05, 4.69) is 5.32 Å². The molecular weight excluding hydrogens is 483 g/mol. The lowest BCUT2D eigenvalue weighted by atomic mass is 9.95. The van der Waals surface area contributed by atoms with Crippen molar-refractivity contribution in [1.29, 1.82) is 0 Å². The summed E-state index contributed by atoms with van der Waals surface area (Å²) in [4.78, 5) is 28.1. The lowest BCUT2D eigenvalue weighted by molar-refractivity contribution is -0.143. The SMILES string of the molecule is CC[C@H](C(=O)NC1CCCCC1)N(Cc1c(Cl)cccc1Cl)C(=O)COc1ccc(Cl)cc1. The largest absolute Gasteiger partial charge is 0.484 e. The second-order valence-electron chi connectivity index (χ2n) is 8.23. The molecule has 0 spiro atoms. The predicted octanol–water partition coefficient (Wildman–Crippen LogP) is 6.28. The van der Waals surface area contributed by atoms with Gasteiger partial charge in [0.1, 0.15) is 11.8 Å². The van der Waals surface area contributed by atoms with Crippen LogP contribution in [0.2, 0.25) is 15.1 Å². The fourth-order valence-corrected chi connectivity index (χ4v) is 4.72. The average molecular weight is 512 g/mol. The summed E-state index contributed by atoms with van der Waals surface area (Å²) in [6.07, 6.45) is 5.79. The summed E-state index contributed by atoms with van der Waals surface area (Å²) < 4.78 is 5.68. The summed E-state index contributed by atoms with van der Waals surface area (Å²) in [5, 5.41) is 4.62. The van der Waals surface area contributed by atoms with Crippen LogP contribution in [0.5, 0.6) is 5.75 Å². The van der Waals surface area contributed by atoms with Gasteiger partial charge in [-0.05, 0) is 55.7 Å². The zero-order chi connectivity index (χ0) is 23.8. The van der Waals surface area contributed by atoms with Gasteiger partial charge in [0.2, 0.25) is 5.91 Å². The van der Waals surface area contributed by atoms with E-state index in [-0.39, 0.29) is 31.0 Å². The molecule has 33 heavy (non-hydrogen) atoms. The summed E-state index contributed by atoms with van der Waals surface area (Å²) in [6.45, 7) is 1.77. The smallest absolute Gasteiger partial charge is 0.261 e. The first-order chi connectivity index (χ1) is 15.9. The Balaban J connectivity index is 1.79. The van der Waals surface area contributed by atoms with Crippen LogP contribution >= 0.6 is 34.8 Å². The van der Waals surface area contributed by atoms with Gasteiger partial charge >= 0.3 is 0 Å². The fraction of sp³-hybridized carbons (Fsp3) is 0.440. The lowest BCUT2D eigenvalue weighted by Gasteiger charge is -2.33. The second-order valence-corrected chi connectivity index (χ2v) is 9.48. The fourth-order valence-electron chi connectivity index (χ4n) is 4.08. The van der Waals surface area contributed by atoms with Crippen LogP contribution in [0.1, 0.15) is 51.0 Å². The van der Waals surface area contributed by atoms with Crippen LogP contribution in [0.4, 0.5) is 0 Å². The van der Waals surface area contributed by atoms with E-state index in [9.17, 15) is 9.59 Å². The molecule has 2 aromatic rings. The third-order valence-electron chi connectivity index (χ3n) is 5.90. The number of halogens is 3. The highest BCUT2D eigenvalue weighted by molar-refractivity contribution is 6.36. The quantitative estimate of drug-likeness (QED) is 0.431. The highest BCUT2D eigenvalue weighted by atomic mass is 35.5. The van der Waals surface area contributed by atoms with Crippen LogP contribution in [-0.2, 0) is 16.1 Å². The summed E-state index contributed by atoms with van der Waals surface area (Å²) in [7, 11) is 0. The number of nitrogens with one attached hydrogen (secondary N) is 1. The number of benzene rings is 2. The Kier molecular flexibility index (Phi) is 9.72. The lowest BCUT2D eigenvalue weighted by Crippen LogP contribution is -2.52. The molecule has 1 fully saturated rings. The van der Waals surface area contributed by atoms with E-state index >= 15 is 0 Å². The first-order valence-corrected chi connectivity index (χ1v) is 12.4. The molecule has 178 valence electrons. The molecule has 1 aliphatic carbocycles. The van der Waals surface area contributed by atoms with Gasteiger partial charge < -0.3 is 15.0 Å². The number of carbonyl (C=O) groups is 2. The van der Waals surface area contributed by atoms with Crippen molar-refractivity contribution in [3.05, 3.63) is 63.1 Å². The molecule has 8 heteroatoms. The Morgan fingerprint density at radius 2 is 1.67 bits per heavy atom. The summed E-state index contributed by atoms with van der Waals surface area (Å²) in [5.41, 5.74) is 0.601. The molecule has 0 heterocycles. The van der Waals surface area contributed by atoms with Crippen LogP contribution in [0.15, 0.2) is 42.5 Å². The van der Waals surface area contributed by atoms with Crippen LogP contribution in [-0.4, -0.2) is 35.4 Å². The minimum atomic E-state index is -0.666. The normalized spacial score (nSPS) is 15.0. The van der Waals surface area contributed by atoms with E-state index in [0.717, 1.165) is 25.7 Å². The molecule has 1 saturated carbocycles. The van der Waals surface area contributed by atoms with Gasteiger partial charge in [-0.3, -0.25) is 9.59 Å². The number of ether oxygens (including phenoxy) is 1. The van der Waals surface area contributed by atoms with Crippen molar-refractivity contribution in [2.75, 3.05) is 6.61 Å². The Bertz CT molecular complexity index is 926. The molecule has 1 aliphatic rings. The van der Waals surface area contributed by atoms with Crippen LogP contribution < -0.4 is 10.1 Å². The number of carbonyl (C=O) groups excluding carboxylic acids is 2. The van der Waals surface area contributed by atoms with Gasteiger partial charge in [0.25, 0.3) is 5.91 Å². The van der Waals surface area contributed by atoms with Gasteiger partial charge in [0.15, 0.2) is 6.61 Å². The zero-order valence-electron chi connectivity index (χ0n) is 18.7. The Morgan fingerprint density at radius 1 is 1.03 bits per heavy atom. The van der Waals surface area contributed by atoms with Gasteiger partial charge in [0.05, 0.1) is 0 Å². The molecule has 1 N–H and O–H groups in total. The van der Waals surface area contributed by atoms with Gasteiger partial charge in [0, 0.05) is 33.2 Å². The number of amides is 2. The van der Waals surface area contributed by atoms with Gasteiger partial charge in [-0.2, -0.15) is 0 Å². The molecule has 3 rings (SSSR count). The second kappa shape index (κ2) is 12.5. The van der Waals surface area contributed by atoms with Gasteiger partial charge in [-0.1, -0.05) is 67.1 Å². The number of hydrogen-bond acceptors (Lipinski definition) is 3. The summed E-state index contributed by atoms with van der Waals surface area (Å²) in [5.74, 6) is 0.0298. The molecule has 0 radical (unpaired) electrons. The van der Waals surface area contributed by atoms with E-state index in [1.54, 1.807) is 42.5 Å². The molecule has 2 amide bonds. The van der Waals surface area contributed by atoms with Gasteiger partial charge in [-0.15, -0.1) is 0 Å². The third kappa shape index (κ3) is 7.26. The molecule has 0 aliphatic heterocycles. The first kappa shape index (κ1) is 25.7. The molecule has 0 unspecified atom stereocenters. The molecule has 5 nitrogen and oxygen atoms in total. The maximum atomic E-state index is 13.3. The van der Waals surface area contributed by atoms with E-state index in [1.165, 1.54) is 11.3 Å². The zero-order valence-corrected chi connectivity index (χ0v) is 20.9. The first-order valence-electron chi connectivity index (χ1n) is 11.3. The Morgan fingerprint density at radius 3 is 2.27 bits per heavy atom. The monoisotopic (exact) mass is 510 g/mol. The highest BCUT2D eigenvalue weighted by Crippen LogP contribution is 2.27. The summed E-state index contributed by atoms with van der Waals surface area (Å²) in [6, 6.07) is 11.4. The van der Waals surface area contributed by atoms with Crippen LogP contribution in [0.3, 0.4) is 0 Å². The number of nitrogens with zero attached hydrogens (tertiary/aromatic N) is 1. The maximum absolute atomic E-state index is 13.3. The molecule has 0 saturated heterocycles. The Hall–Kier alpha value is -1.95. The topological polar surface area (TPSA) is 58.6 Å². The highest BCUT2D eigenvalue weighted by Gasteiger charge is 2.31. The molecule has 0 aromatic heterocycles. The van der Waals surface area contributed by atoms with E-state index in [0.29, 0.717) is 32.8 Å². The van der Waals surface area contributed by atoms with Crippen LogP contribution in [0.25, 0.3) is 0 Å². The van der Waals surface area contributed by atoms with Crippen LogP contribution in [0, 0.1) is 0 Å². The minimum absolute atomic E-state index is 0.109. The third-order valence-corrected chi connectivity index (χ3v) is 6.86. The van der Waals surface area contributed by atoms with Crippen molar-refractivity contribution in [2.24, 2.45) is 0 Å². The van der Waals surface area contributed by atoms with E-state index in [1.807, 2.05) is 6.92 Å². The standard InChI is InChI=1S/C25H29Cl3N2O3/c1-2-23(25(32)29-18-7-4-3-5-8-18)30(15-20-21(27)9-6-10-22(20)28)24(31)16-33-19-13-11-17(26)12-14-19/h6,9-14,18,23H,2-5,7-8,15-16H2,1H3,(H,29,32)/t23-/m1/s1. The number of rotatable bonds is 9. The molecule has 1 atom stereocenters. The van der Waals surface area contributed by atoms with Crippen molar-refractivity contribution in [3.8, 4) is 5.75 Å². The summed E-state index contributed by atoms with van der Waals surface area (Å²) >= 11 is 18.7. The molecular formula is C25H29Cl3N2O3. The van der Waals surface area contributed by atoms with Crippen molar-refractivity contribution in [3.63, 3.8) is 0 Å². The molecule has 0 bridgehead atoms. The van der Waals surface area contributed by atoms with Crippen molar-refractivity contribution < 1.29 is 14.3 Å².